The molecule has 5 aromatic rings. The van der Waals surface area contributed by atoms with Crippen LogP contribution in [-0.4, -0.2) is 56.4 Å². The van der Waals surface area contributed by atoms with E-state index in [4.69, 9.17) is 16.3 Å². The summed E-state index contributed by atoms with van der Waals surface area (Å²) in [6.07, 6.45) is 5.11. The van der Waals surface area contributed by atoms with Gasteiger partial charge in [-0.15, -0.1) is 21.8 Å². The number of likely N-dealkylation sites (tertiary alicyclic amines) is 1. The molecule has 228 valence electrons. The van der Waals surface area contributed by atoms with Crippen molar-refractivity contribution in [3.8, 4) is 11.6 Å². The van der Waals surface area contributed by atoms with E-state index in [9.17, 15) is 14.7 Å². The minimum Gasteiger partial charge on any atom is -0.493 e. The number of aromatic hydroxyl groups is 1. The number of ether oxygens (including phenoxy) is 1. The monoisotopic (exact) mass is 622 g/mol. The molecule has 0 saturated carbocycles. The number of β-lactam (4-membered cyclic amide) rings is 1. The Labute approximate surface area is 264 Å². The molecule has 2 amide bonds. The van der Waals surface area contributed by atoms with Gasteiger partial charge in [-0.25, -0.2) is 0 Å². The average molecular weight is 623 g/mol. The normalized spacial score (nSPS) is 19.0. The molecule has 2 aliphatic rings. The predicted molar refractivity (Wildman–Crippen MR) is 172 cm³/mol. The van der Waals surface area contributed by atoms with Crippen molar-refractivity contribution in [2.75, 3.05) is 24.6 Å². The predicted octanol–water partition coefficient (Wildman–Crippen LogP) is 6.72. The number of nitrogens with zero attached hydrogens (tertiary/aromatic N) is 6. The number of piperidine rings is 1. The lowest BCUT2D eigenvalue weighted by Crippen LogP contribution is -2.56. The van der Waals surface area contributed by atoms with Crippen molar-refractivity contribution < 1.29 is 19.4 Å². The second kappa shape index (κ2) is 12.3. The number of anilines is 1. The maximum absolute atomic E-state index is 12.9. The number of para-hydroxylation sites is 1. The Kier molecular flexibility index (Phi) is 7.91. The van der Waals surface area contributed by atoms with Gasteiger partial charge in [0.15, 0.2) is 12.3 Å². The first-order chi connectivity index (χ1) is 22.0. The van der Waals surface area contributed by atoms with Gasteiger partial charge in [-0.1, -0.05) is 55.0 Å². The topological polar surface area (TPSA) is 113 Å². The number of rotatable bonds is 8. The molecule has 0 spiro atoms. The van der Waals surface area contributed by atoms with E-state index in [0.29, 0.717) is 34.4 Å². The first kappa shape index (κ1) is 28.9. The maximum Gasteiger partial charge on any atom is 0.302 e. The molecule has 0 bridgehead atoms. The number of pyridine rings is 1. The Morgan fingerprint density at radius 3 is 2.53 bits per heavy atom. The molecule has 2 unspecified atom stereocenters. The van der Waals surface area contributed by atoms with Gasteiger partial charge in [0.25, 0.3) is 0 Å². The molecule has 2 aliphatic heterocycles. The van der Waals surface area contributed by atoms with E-state index in [-0.39, 0.29) is 30.1 Å². The van der Waals surface area contributed by atoms with Crippen LogP contribution in [0, 0.1) is 0 Å². The minimum atomic E-state index is -0.670. The molecule has 0 aliphatic carbocycles. The highest BCUT2D eigenvalue weighted by Gasteiger charge is 2.48. The summed E-state index contributed by atoms with van der Waals surface area (Å²) in [6.45, 7) is 2.09. The lowest BCUT2D eigenvalue weighted by atomic mass is 9.91. The number of benzene rings is 3. The van der Waals surface area contributed by atoms with Gasteiger partial charge in [-0.2, -0.15) is 0 Å². The van der Waals surface area contributed by atoms with Crippen LogP contribution in [0.3, 0.4) is 0 Å². The number of aromatic nitrogens is 2. The second-order valence-corrected chi connectivity index (χ2v) is 11.7. The van der Waals surface area contributed by atoms with Crippen molar-refractivity contribution in [1.82, 2.24) is 14.5 Å². The molecule has 45 heavy (non-hydrogen) atoms. The second-order valence-electron chi connectivity index (χ2n) is 11.3. The number of fused-ring (bicyclic) bond motifs is 2. The third-order valence-electron chi connectivity index (χ3n) is 8.46. The van der Waals surface area contributed by atoms with Gasteiger partial charge in [0.1, 0.15) is 16.6 Å². The van der Waals surface area contributed by atoms with E-state index >= 15 is 0 Å². The zero-order valence-corrected chi connectivity index (χ0v) is 25.2. The molecule has 10 nitrogen and oxygen atoms in total. The largest absolute Gasteiger partial charge is 0.493 e. The van der Waals surface area contributed by atoms with Crippen LogP contribution in [-0.2, 0) is 16.3 Å². The first-order valence-corrected chi connectivity index (χ1v) is 15.4. The smallest absolute Gasteiger partial charge is 0.302 e. The van der Waals surface area contributed by atoms with Crippen molar-refractivity contribution in [2.24, 2.45) is 10.2 Å². The van der Waals surface area contributed by atoms with Crippen molar-refractivity contribution in [3.63, 3.8) is 0 Å². The molecule has 2 atom stereocenters. The van der Waals surface area contributed by atoms with Crippen molar-refractivity contribution in [2.45, 2.75) is 37.4 Å². The zero-order chi connectivity index (χ0) is 30.9. The third kappa shape index (κ3) is 5.40. The lowest BCUT2D eigenvalue weighted by Gasteiger charge is -2.45. The number of carbonyl (C=O) groups is 2. The Bertz CT molecular complexity index is 1920. The Balaban J connectivity index is 1.10. The quantitative estimate of drug-likeness (QED) is 0.117. The number of hydrogen-bond donors (Lipinski definition) is 1. The summed E-state index contributed by atoms with van der Waals surface area (Å²) in [5.41, 5.74) is 3.16. The van der Waals surface area contributed by atoms with Crippen molar-refractivity contribution in [3.05, 3.63) is 90.6 Å². The van der Waals surface area contributed by atoms with E-state index in [2.05, 4.69) is 20.1 Å². The highest BCUT2D eigenvalue weighted by atomic mass is 35.5. The first-order valence-electron chi connectivity index (χ1n) is 15.0. The van der Waals surface area contributed by atoms with E-state index in [0.717, 1.165) is 37.0 Å². The Hall–Kier alpha value is -4.80. The van der Waals surface area contributed by atoms with Gasteiger partial charge in [-0.3, -0.25) is 24.0 Å². The molecule has 3 aromatic carbocycles. The lowest BCUT2D eigenvalue weighted by molar-refractivity contribution is -0.123. The zero-order valence-electron chi connectivity index (χ0n) is 24.4. The van der Waals surface area contributed by atoms with E-state index < -0.39 is 11.3 Å². The van der Waals surface area contributed by atoms with Crippen LogP contribution >= 0.6 is 11.6 Å². The molecular weight excluding hydrogens is 592 g/mol. The highest BCUT2D eigenvalue weighted by Crippen LogP contribution is 2.45. The number of amides is 2. The standard InChI is InChI=1S/C34H31ClN6O4/c35-29-32(22-10-3-1-4-11-22)41(33(29)43)26-15-16-27(30-24(26)13-9-17-36-30)45-20-28(42)37-38-31-23-12-5-6-14-25(23)40(34(31)44)21-39-18-7-2-8-19-39/h1,3-6,9-17,29,32,44H,2,7-8,18-21H2. The number of halogens is 1. The molecule has 11 heteroatoms. The van der Waals surface area contributed by atoms with Crippen LogP contribution in [0.15, 0.2) is 95.3 Å². The molecule has 2 aromatic heterocycles. The summed E-state index contributed by atoms with van der Waals surface area (Å²) in [6, 6.07) is 24.0. The molecule has 0 radical (unpaired) electrons. The van der Waals surface area contributed by atoms with Crippen LogP contribution in [0.4, 0.5) is 11.4 Å². The molecular formula is C34H31ClN6O4. The van der Waals surface area contributed by atoms with Gasteiger partial charge in [0, 0.05) is 17.0 Å². The third-order valence-corrected chi connectivity index (χ3v) is 8.88. The number of azo groups is 1. The summed E-state index contributed by atoms with van der Waals surface area (Å²) in [7, 11) is 0. The molecule has 1 N–H and O–H groups in total. The number of alkyl halides is 1. The summed E-state index contributed by atoms with van der Waals surface area (Å²) >= 11 is 6.47. The van der Waals surface area contributed by atoms with Crippen LogP contribution in [0.1, 0.15) is 30.9 Å². The molecule has 2 fully saturated rings. The average Bonchev–Trinajstić information content (AvgIpc) is 3.35. The minimum absolute atomic E-state index is 0.0291. The molecule has 4 heterocycles. The highest BCUT2D eigenvalue weighted by molar-refractivity contribution is 6.37. The summed E-state index contributed by atoms with van der Waals surface area (Å²) in [4.78, 5) is 34.2. The van der Waals surface area contributed by atoms with Crippen LogP contribution in [0.25, 0.3) is 21.8 Å². The molecule has 2 saturated heterocycles. The van der Waals surface area contributed by atoms with E-state index in [1.807, 2.05) is 65.2 Å². The summed E-state index contributed by atoms with van der Waals surface area (Å²) < 4.78 is 7.68. The fourth-order valence-electron chi connectivity index (χ4n) is 6.24. The van der Waals surface area contributed by atoms with E-state index in [1.54, 1.807) is 29.3 Å². The maximum atomic E-state index is 12.9. The Morgan fingerprint density at radius 1 is 0.956 bits per heavy atom. The van der Waals surface area contributed by atoms with Gasteiger partial charge in [0.2, 0.25) is 11.8 Å². The van der Waals surface area contributed by atoms with Crippen molar-refractivity contribution in [1.29, 1.82) is 0 Å². The van der Waals surface area contributed by atoms with Gasteiger partial charge in [0.05, 0.1) is 23.9 Å². The fraction of sp³-hybridized carbons (Fsp3) is 0.265. The summed E-state index contributed by atoms with van der Waals surface area (Å²) in [5, 5.41) is 19.9. The van der Waals surface area contributed by atoms with Gasteiger partial charge < -0.3 is 14.7 Å². The van der Waals surface area contributed by atoms with Crippen molar-refractivity contribution >= 4 is 56.6 Å². The molecule has 7 rings (SSSR count). The Morgan fingerprint density at radius 2 is 1.71 bits per heavy atom. The van der Waals surface area contributed by atoms with Crippen LogP contribution in [0.2, 0.25) is 0 Å². The van der Waals surface area contributed by atoms with Gasteiger partial charge in [-0.05, 0) is 61.8 Å². The van der Waals surface area contributed by atoms with E-state index in [1.165, 1.54) is 6.42 Å². The van der Waals surface area contributed by atoms with Crippen LogP contribution in [0.5, 0.6) is 11.6 Å². The SMILES string of the molecule is O=C(COc1ccc(N2C(=O)C(Cl)C2c2ccccc2)c2cccnc12)N=Nc1c(O)n(CN2CCCCC2)c2ccccc12. The number of carbonyl (C=O) groups excluding carboxylic acids is 2. The summed E-state index contributed by atoms with van der Waals surface area (Å²) in [5.74, 6) is -0.480. The van der Waals surface area contributed by atoms with Crippen LogP contribution < -0.4 is 9.64 Å². The fourth-order valence-corrected chi connectivity index (χ4v) is 6.60. The van der Waals surface area contributed by atoms with Gasteiger partial charge >= 0.3 is 5.91 Å². The number of hydrogen-bond acceptors (Lipinski definition) is 7.